The van der Waals surface area contributed by atoms with Crippen LogP contribution in [0.4, 0.5) is 0 Å². The van der Waals surface area contributed by atoms with E-state index in [1.54, 1.807) is 36.4 Å². The molecule has 174 valence electrons. The number of carbonyl (C=O) groups excluding carboxylic acids is 1. The minimum absolute atomic E-state index is 0.0330. The Kier molecular flexibility index (Phi) is 9.06. The molecular formula is C22H18BrCl2NO5S2. The summed E-state index contributed by atoms with van der Waals surface area (Å²) < 4.78 is 12.7. The van der Waals surface area contributed by atoms with Gasteiger partial charge in [-0.1, -0.05) is 53.2 Å². The van der Waals surface area contributed by atoms with Crippen molar-refractivity contribution >= 4 is 85.4 Å². The zero-order chi connectivity index (χ0) is 24.1. The van der Waals surface area contributed by atoms with Crippen molar-refractivity contribution in [3.05, 3.63) is 60.9 Å². The fraction of sp³-hybridized carbons (Fsp3) is 0.227. The summed E-state index contributed by atoms with van der Waals surface area (Å²) in [5.74, 6) is -0.328. The molecular weight excluding hydrogens is 573 g/mol. The monoisotopic (exact) mass is 589 g/mol. The van der Waals surface area contributed by atoms with E-state index in [0.29, 0.717) is 47.4 Å². The van der Waals surface area contributed by atoms with Gasteiger partial charge in [0.15, 0.2) is 11.5 Å². The minimum atomic E-state index is -0.992. The third-order valence-electron chi connectivity index (χ3n) is 4.44. The van der Waals surface area contributed by atoms with Gasteiger partial charge in [-0.3, -0.25) is 14.5 Å². The SMILES string of the molecule is CCOc1cc(/C=C2\SC(=S)N(CCC(=O)O)C2=O)cc(Br)c1OCc1ccc(Cl)cc1Cl. The zero-order valence-corrected chi connectivity index (χ0v) is 22.0. The van der Waals surface area contributed by atoms with Crippen molar-refractivity contribution in [2.24, 2.45) is 0 Å². The van der Waals surface area contributed by atoms with Crippen molar-refractivity contribution < 1.29 is 24.2 Å². The molecule has 1 N–H and O–H groups in total. The van der Waals surface area contributed by atoms with Crippen LogP contribution in [0.15, 0.2) is 39.7 Å². The number of rotatable bonds is 9. The van der Waals surface area contributed by atoms with Gasteiger partial charge < -0.3 is 14.6 Å². The predicted octanol–water partition coefficient (Wildman–Crippen LogP) is 6.41. The van der Waals surface area contributed by atoms with Crippen LogP contribution in [0.3, 0.4) is 0 Å². The van der Waals surface area contributed by atoms with Crippen molar-refractivity contribution in [3.8, 4) is 11.5 Å². The molecule has 33 heavy (non-hydrogen) atoms. The number of carboxylic acids is 1. The second-order valence-corrected chi connectivity index (χ2v) is 10.1. The number of halogens is 3. The van der Waals surface area contributed by atoms with E-state index in [2.05, 4.69) is 15.9 Å². The molecule has 0 radical (unpaired) electrons. The van der Waals surface area contributed by atoms with Crippen LogP contribution in [0.2, 0.25) is 10.0 Å². The summed E-state index contributed by atoms with van der Waals surface area (Å²) in [6, 6.07) is 8.73. The van der Waals surface area contributed by atoms with E-state index >= 15 is 0 Å². The van der Waals surface area contributed by atoms with E-state index in [9.17, 15) is 9.59 Å². The van der Waals surface area contributed by atoms with E-state index in [-0.39, 0.29) is 25.5 Å². The van der Waals surface area contributed by atoms with Crippen LogP contribution >= 0.6 is 63.1 Å². The lowest BCUT2D eigenvalue weighted by Gasteiger charge is -2.15. The average Bonchev–Trinajstić information content (AvgIpc) is 2.99. The first kappa shape index (κ1) is 25.8. The number of carboxylic acid groups (broad SMARTS) is 1. The fourth-order valence-electron chi connectivity index (χ4n) is 2.91. The molecule has 0 aromatic heterocycles. The van der Waals surface area contributed by atoms with Gasteiger partial charge in [0.2, 0.25) is 0 Å². The first-order valence-corrected chi connectivity index (χ1v) is 12.5. The summed E-state index contributed by atoms with van der Waals surface area (Å²) >= 11 is 22.1. The number of aliphatic carboxylic acids is 1. The van der Waals surface area contributed by atoms with E-state index in [0.717, 1.165) is 17.3 Å². The Morgan fingerprint density at radius 3 is 2.70 bits per heavy atom. The van der Waals surface area contributed by atoms with Gasteiger partial charge >= 0.3 is 5.97 Å². The summed E-state index contributed by atoms with van der Waals surface area (Å²) in [7, 11) is 0. The van der Waals surface area contributed by atoms with Crippen molar-refractivity contribution in [1.82, 2.24) is 4.90 Å². The van der Waals surface area contributed by atoms with Gasteiger partial charge in [0, 0.05) is 22.2 Å². The Labute approximate surface area is 219 Å². The van der Waals surface area contributed by atoms with Crippen LogP contribution in [-0.4, -0.2) is 39.4 Å². The van der Waals surface area contributed by atoms with Crippen LogP contribution in [0.1, 0.15) is 24.5 Å². The third-order valence-corrected chi connectivity index (χ3v) is 6.99. The van der Waals surface area contributed by atoms with Gasteiger partial charge in [-0.15, -0.1) is 0 Å². The number of benzene rings is 2. The maximum absolute atomic E-state index is 12.7. The van der Waals surface area contributed by atoms with Crippen LogP contribution in [0, 0.1) is 0 Å². The summed E-state index contributed by atoms with van der Waals surface area (Å²) in [5.41, 5.74) is 1.46. The lowest BCUT2D eigenvalue weighted by atomic mass is 10.1. The average molecular weight is 591 g/mol. The molecule has 0 aliphatic carbocycles. The summed E-state index contributed by atoms with van der Waals surface area (Å²) in [6.45, 7) is 2.50. The number of amides is 1. The lowest BCUT2D eigenvalue weighted by Crippen LogP contribution is -2.30. The summed E-state index contributed by atoms with van der Waals surface area (Å²) in [4.78, 5) is 25.2. The molecule has 11 heteroatoms. The first-order valence-electron chi connectivity index (χ1n) is 9.69. The summed E-state index contributed by atoms with van der Waals surface area (Å²) in [6.07, 6.45) is 1.51. The number of carbonyl (C=O) groups is 2. The largest absolute Gasteiger partial charge is 0.490 e. The van der Waals surface area contributed by atoms with Gasteiger partial charge in [0.05, 0.1) is 22.4 Å². The molecule has 2 aromatic rings. The maximum atomic E-state index is 12.7. The first-order chi connectivity index (χ1) is 15.7. The third kappa shape index (κ3) is 6.64. The topological polar surface area (TPSA) is 76.1 Å². The lowest BCUT2D eigenvalue weighted by molar-refractivity contribution is -0.137. The molecule has 3 rings (SSSR count). The highest BCUT2D eigenvalue weighted by atomic mass is 79.9. The molecule has 0 atom stereocenters. The van der Waals surface area contributed by atoms with E-state index < -0.39 is 5.97 Å². The van der Waals surface area contributed by atoms with Gasteiger partial charge in [0.25, 0.3) is 5.91 Å². The Morgan fingerprint density at radius 2 is 2.03 bits per heavy atom. The molecule has 6 nitrogen and oxygen atoms in total. The summed E-state index contributed by atoms with van der Waals surface area (Å²) in [5, 5.41) is 9.92. The Hall–Kier alpha value is -1.78. The molecule has 0 unspecified atom stereocenters. The molecule has 0 saturated carbocycles. The van der Waals surface area contributed by atoms with Crippen LogP contribution in [0.5, 0.6) is 11.5 Å². The van der Waals surface area contributed by atoms with Gasteiger partial charge in [-0.2, -0.15) is 0 Å². The van der Waals surface area contributed by atoms with E-state index in [4.69, 9.17) is 50.0 Å². The highest BCUT2D eigenvalue weighted by Crippen LogP contribution is 2.40. The van der Waals surface area contributed by atoms with Crippen LogP contribution in [-0.2, 0) is 16.2 Å². The number of hydrogen-bond donors (Lipinski definition) is 1. The number of thioether (sulfide) groups is 1. The van der Waals surface area contributed by atoms with Gasteiger partial charge in [-0.05, 0) is 58.8 Å². The van der Waals surface area contributed by atoms with Gasteiger partial charge in [-0.25, -0.2) is 0 Å². The molecule has 0 bridgehead atoms. The number of thiocarbonyl (C=S) groups is 1. The molecule has 1 saturated heterocycles. The maximum Gasteiger partial charge on any atom is 0.305 e. The molecule has 0 spiro atoms. The molecule has 2 aromatic carbocycles. The minimum Gasteiger partial charge on any atom is -0.490 e. The number of ether oxygens (including phenoxy) is 2. The predicted molar refractivity (Wildman–Crippen MR) is 138 cm³/mol. The second-order valence-electron chi connectivity index (χ2n) is 6.76. The normalized spacial score (nSPS) is 14.8. The molecule has 1 amide bonds. The number of nitrogens with zero attached hydrogens (tertiary/aromatic N) is 1. The van der Waals surface area contributed by atoms with Crippen molar-refractivity contribution in [3.63, 3.8) is 0 Å². The molecule has 1 aliphatic rings. The molecule has 1 fully saturated rings. The Bertz CT molecular complexity index is 1140. The fourth-order valence-corrected chi connectivity index (χ4v) is 5.26. The van der Waals surface area contributed by atoms with Crippen molar-refractivity contribution in [2.45, 2.75) is 20.0 Å². The quantitative estimate of drug-likeness (QED) is 0.267. The standard InChI is InChI=1S/C22H18BrCl2NO5S2/c1-2-30-17-8-12(9-18-21(29)26(22(32)33-18)6-5-19(27)28)7-15(23)20(17)31-11-13-3-4-14(24)10-16(13)25/h3-4,7-10H,2,5-6,11H2,1H3,(H,27,28)/b18-9-. The van der Waals surface area contributed by atoms with Crippen LogP contribution < -0.4 is 9.47 Å². The Balaban J connectivity index is 1.84. The second kappa shape index (κ2) is 11.6. The number of hydrogen-bond acceptors (Lipinski definition) is 6. The zero-order valence-electron chi connectivity index (χ0n) is 17.3. The van der Waals surface area contributed by atoms with Gasteiger partial charge in [0.1, 0.15) is 10.9 Å². The molecule has 1 heterocycles. The smallest absolute Gasteiger partial charge is 0.305 e. The van der Waals surface area contributed by atoms with Crippen LogP contribution in [0.25, 0.3) is 6.08 Å². The van der Waals surface area contributed by atoms with Crippen molar-refractivity contribution in [2.75, 3.05) is 13.2 Å². The highest BCUT2D eigenvalue weighted by Gasteiger charge is 2.32. The van der Waals surface area contributed by atoms with E-state index in [1.807, 2.05) is 6.92 Å². The Morgan fingerprint density at radius 1 is 1.27 bits per heavy atom. The van der Waals surface area contributed by atoms with Crippen molar-refractivity contribution in [1.29, 1.82) is 0 Å². The molecule has 1 aliphatic heterocycles. The highest BCUT2D eigenvalue weighted by molar-refractivity contribution is 9.10. The van der Waals surface area contributed by atoms with E-state index in [1.165, 1.54) is 4.90 Å².